The van der Waals surface area contributed by atoms with Crippen LogP contribution in [0.1, 0.15) is 16.7 Å². The van der Waals surface area contributed by atoms with E-state index in [4.69, 9.17) is 5.73 Å². The number of hydrogen-bond acceptors (Lipinski definition) is 3. The van der Waals surface area contributed by atoms with E-state index in [0.29, 0.717) is 11.6 Å². The van der Waals surface area contributed by atoms with Gasteiger partial charge < -0.3 is 5.73 Å². The molecule has 0 aliphatic heterocycles. The molecule has 20 heavy (non-hydrogen) atoms. The Bertz CT molecular complexity index is 786. The summed E-state index contributed by atoms with van der Waals surface area (Å²) >= 11 is 0. The summed E-state index contributed by atoms with van der Waals surface area (Å²) in [5.74, 6) is 1.24. The smallest absolute Gasteiger partial charge is 0.162 e. The Morgan fingerprint density at radius 1 is 0.900 bits per heavy atom. The van der Waals surface area contributed by atoms with Gasteiger partial charge in [-0.2, -0.15) is 0 Å². The topological polar surface area (TPSA) is 51.8 Å². The Hall–Kier alpha value is -2.42. The molecule has 2 aromatic carbocycles. The number of nitrogens with zero attached hydrogens (tertiary/aromatic N) is 2. The lowest BCUT2D eigenvalue weighted by Crippen LogP contribution is -2.00. The van der Waals surface area contributed by atoms with Crippen molar-refractivity contribution in [1.82, 2.24) is 9.97 Å². The van der Waals surface area contributed by atoms with Crippen LogP contribution in [0.3, 0.4) is 0 Å². The SMILES string of the molecule is Cc1ccc2nc(-c3c(C)cccc3C)nc(N)c2c1. The van der Waals surface area contributed by atoms with Crippen LogP contribution in [0, 0.1) is 20.8 Å². The highest BCUT2D eigenvalue weighted by Gasteiger charge is 2.11. The zero-order valence-corrected chi connectivity index (χ0v) is 11.9. The van der Waals surface area contributed by atoms with Crippen molar-refractivity contribution in [3.8, 4) is 11.4 Å². The molecule has 0 atom stereocenters. The van der Waals surface area contributed by atoms with Gasteiger partial charge in [-0.15, -0.1) is 0 Å². The molecule has 0 amide bonds. The number of nitrogen functional groups attached to an aromatic ring is 1. The summed E-state index contributed by atoms with van der Waals surface area (Å²) < 4.78 is 0. The maximum atomic E-state index is 6.11. The molecule has 0 saturated heterocycles. The zero-order chi connectivity index (χ0) is 14.3. The molecule has 0 bridgehead atoms. The van der Waals surface area contributed by atoms with E-state index >= 15 is 0 Å². The first-order chi connectivity index (χ1) is 9.56. The van der Waals surface area contributed by atoms with E-state index in [1.54, 1.807) is 0 Å². The van der Waals surface area contributed by atoms with Gasteiger partial charge in [-0.1, -0.05) is 29.8 Å². The van der Waals surface area contributed by atoms with E-state index in [1.807, 2.05) is 31.2 Å². The summed E-state index contributed by atoms with van der Waals surface area (Å²) in [7, 11) is 0. The van der Waals surface area contributed by atoms with Gasteiger partial charge in [0.25, 0.3) is 0 Å². The van der Waals surface area contributed by atoms with Gasteiger partial charge >= 0.3 is 0 Å². The van der Waals surface area contributed by atoms with E-state index in [1.165, 1.54) is 0 Å². The Labute approximate surface area is 118 Å². The van der Waals surface area contributed by atoms with Crippen molar-refractivity contribution in [1.29, 1.82) is 0 Å². The van der Waals surface area contributed by atoms with Crippen molar-refractivity contribution in [2.24, 2.45) is 0 Å². The van der Waals surface area contributed by atoms with Crippen LogP contribution >= 0.6 is 0 Å². The van der Waals surface area contributed by atoms with E-state index in [9.17, 15) is 0 Å². The first-order valence-electron chi connectivity index (χ1n) is 6.67. The Kier molecular flexibility index (Phi) is 2.90. The largest absolute Gasteiger partial charge is 0.383 e. The van der Waals surface area contributed by atoms with Gasteiger partial charge in [0.2, 0.25) is 0 Å². The molecule has 2 N–H and O–H groups in total. The van der Waals surface area contributed by atoms with Crippen molar-refractivity contribution in [2.45, 2.75) is 20.8 Å². The molecule has 0 fully saturated rings. The van der Waals surface area contributed by atoms with E-state index in [2.05, 4.69) is 35.9 Å². The molecule has 1 heterocycles. The second-order valence-electron chi connectivity index (χ2n) is 5.22. The third-order valence-corrected chi connectivity index (χ3v) is 3.59. The standard InChI is InChI=1S/C17H17N3/c1-10-7-8-14-13(9-10)16(18)20-17(19-14)15-11(2)5-4-6-12(15)3/h4-9H,1-3H3,(H2,18,19,20). The molecule has 3 aromatic rings. The van der Waals surface area contributed by atoms with Gasteiger partial charge in [0.15, 0.2) is 5.82 Å². The van der Waals surface area contributed by atoms with Crippen LogP contribution in [0.5, 0.6) is 0 Å². The summed E-state index contributed by atoms with van der Waals surface area (Å²) in [6.07, 6.45) is 0. The number of nitrogens with two attached hydrogens (primary N) is 1. The molecular formula is C17H17N3. The minimum Gasteiger partial charge on any atom is -0.383 e. The molecule has 1 aromatic heterocycles. The van der Waals surface area contributed by atoms with Crippen LogP contribution in [0.15, 0.2) is 36.4 Å². The Balaban J connectivity index is 2.31. The second-order valence-corrected chi connectivity index (χ2v) is 5.22. The third-order valence-electron chi connectivity index (χ3n) is 3.59. The van der Waals surface area contributed by atoms with Gasteiger partial charge in [-0.3, -0.25) is 0 Å². The van der Waals surface area contributed by atoms with Crippen LogP contribution in [-0.2, 0) is 0 Å². The number of benzene rings is 2. The maximum Gasteiger partial charge on any atom is 0.162 e. The molecule has 0 aliphatic rings. The van der Waals surface area contributed by atoms with Crippen molar-refractivity contribution in [3.63, 3.8) is 0 Å². The average Bonchev–Trinajstić information content (AvgIpc) is 2.39. The quantitative estimate of drug-likeness (QED) is 0.726. The van der Waals surface area contributed by atoms with Crippen LogP contribution in [0.2, 0.25) is 0 Å². The van der Waals surface area contributed by atoms with E-state index < -0.39 is 0 Å². The maximum absolute atomic E-state index is 6.11. The van der Waals surface area contributed by atoms with Gasteiger partial charge in [-0.25, -0.2) is 9.97 Å². The fourth-order valence-electron chi connectivity index (χ4n) is 2.54. The molecule has 0 unspecified atom stereocenters. The molecular weight excluding hydrogens is 246 g/mol. The van der Waals surface area contributed by atoms with Crippen molar-refractivity contribution < 1.29 is 0 Å². The predicted molar refractivity (Wildman–Crippen MR) is 83.6 cm³/mol. The zero-order valence-electron chi connectivity index (χ0n) is 11.9. The number of anilines is 1. The predicted octanol–water partition coefficient (Wildman–Crippen LogP) is 3.80. The van der Waals surface area contributed by atoms with Gasteiger partial charge in [-0.05, 0) is 44.0 Å². The summed E-state index contributed by atoms with van der Waals surface area (Å²) in [5, 5.41) is 0.917. The highest BCUT2D eigenvalue weighted by Crippen LogP contribution is 2.28. The summed E-state index contributed by atoms with van der Waals surface area (Å²) in [4.78, 5) is 9.18. The lowest BCUT2D eigenvalue weighted by molar-refractivity contribution is 1.20. The summed E-state index contributed by atoms with van der Waals surface area (Å²) in [5.41, 5.74) is 11.6. The highest BCUT2D eigenvalue weighted by atomic mass is 14.9. The average molecular weight is 263 g/mol. The van der Waals surface area contributed by atoms with Crippen molar-refractivity contribution >= 4 is 16.7 Å². The molecule has 3 nitrogen and oxygen atoms in total. The minimum atomic E-state index is 0.538. The fraction of sp³-hybridized carbons (Fsp3) is 0.176. The summed E-state index contributed by atoms with van der Waals surface area (Å²) in [6, 6.07) is 12.3. The van der Waals surface area contributed by atoms with Crippen LogP contribution in [0.25, 0.3) is 22.3 Å². The van der Waals surface area contributed by atoms with Gasteiger partial charge in [0.1, 0.15) is 5.82 Å². The minimum absolute atomic E-state index is 0.538. The molecule has 3 rings (SSSR count). The fourth-order valence-corrected chi connectivity index (χ4v) is 2.54. The van der Waals surface area contributed by atoms with Crippen molar-refractivity contribution in [2.75, 3.05) is 5.73 Å². The normalized spacial score (nSPS) is 10.9. The first-order valence-corrected chi connectivity index (χ1v) is 6.67. The van der Waals surface area contributed by atoms with Crippen LogP contribution in [0.4, 0.5) is 5.82 Å². The number of hydrogen-bond donors (Lipinski definition) is 1. The van der Waals surface area contributed by atoms with Crippen LogP contribution in [-0.4, -0.2) is 9.97 Å². The number of fused-ring (bicyclic) bond motifs is 1. The van der Waals surface area contributed by atoms with E-state index in [0.717, 1.165) is 33.2 Å². The number of aromatic nitrogens is 2. The van der Waals surface area contributed by atoms with Gasteiger partial charge in [0, 0.05) is 10.9 Å². The van der Waals surface area contributed by atoms with Gasteiger partial charge in [0.05, 0.1) is 5.52 Å². The lowest BCUT2D eigenvalue weighted by Gasteiger charge is -2.10. The molecule has 100 valence electrons. The molecule has 0 spiro atoms. The third kappa shape index (κ3) is 2.01. The highest BCUT2D eigenvalue weighted by molar-refractivity contribution is 5.90. The molecule has 3 heteroatoms. The molecule has 0 aliphatic carbocycles. The monoisotopic (exact) mass is 263 g/mol. The molecule has 0 radical (unpaired) electrons. The Morgan fingerprint density at radius 2 is 1.60 bits per heavy atom. The number of rotatable bonds is 1. The first kappa shape index (κ1) is 12.6. The molecule has 0 saturated carbocycles. The number of aryl methyl sites for hydroxylation is 3. The van der Waals surface area contributed by atoms with Crippen LogP contribution < -0.4 is 5.73 Å². The summed E-state index contributed by atoms with van der Waals surface area (Å²) in [6.45, 7) is 6.18. The lowest BCUT2D eigenvalue weighted by atomic mass is 10.0. The van der Waals surface area contributed by atoms with E-state index in [-0.39, 0.29) is 0 Å². The van der Waals surface area contributed by atoms with Crippen molar-refractivity contribution in [3.05, 3.63) is 53.1 Å². The second kappa shape index (κ2) is 4.60. The Morgan fingerprint density at radius 3 is 2.30 bits per heavy atom.